The molecule has 2 N–H and O–H groups in total. The summed E-state index contributed by atoms with van der Waals surface area (Å²) < 4.78 is 4.75. The number of ketones is 1. The standard InChI is InChI=1S/C18H27N3O4/c1-6-19-18(24)21(9-13-7-8-13)12(4)16(22)14-10(2)15(17(23)25-5)20-11(14)3/h12-13,20H,6-9H2,1-5H3,(H,19,24). The van der Waals surface area contributed by atoms with Crippen molar-refractivity contribution in [3.05, 3.63) is 22.5 Å². The van der Waals surface area contributed by atoms with Crippen LogP contribution in [-0.2, 0) is 4.74 Å². The summed E-state index contributed by atoms with van der Waals surface area (Å²) in [6.07, 6.45) is 2.18. The van der Waals surface area contributed by atoms with Crippen LogP contribution in [0.15, 0.2) is 0 Å². The van der Waals surface area contributed by atoms with Gasteiger partial charge in [0.15, 0.2) is 5.78 Å². The fourth-order valence-electron chi connectivity index (χ4n) is 3.02. The van der Waals surface area contributed by atoms with E-state index in [1.807, 2.05) is 6.92 Å². The molecular weight excluding hydrogens is 322 g/mol. The number of esters is 1. The van der Waals surface area contributed by atoms with E-state index in [0.29, 0.717) is 35.8 Å². The molecule has 0 saturated heterocycles. The Morgan fingerprint density at radius 1 is 1.32 bits per heavy atom. The van der Waals surface area contributed by atoms with E-state index in [2.05, 4.69) is 10.3 Å². The van der Waals surface area contributed by atoms with Gasteiger partial charge in [0, 0.05) is 24.3 Å². The Hall–Kier alpha value is -2.31. The number of aromatic nitrogens is 1. The maximum absolute atomic E-state index is 13.1. The summed E-state index contributed by atoms with van der Waals surface area (Å²) in [5.74, 6) is -0.212. The number of aromatic amines is 1. The first kappa shape index (κ1) is 19.0. The molecule has 7 nitrogen and oxygen atoms in total. The van der Waals surface area contributed by atoms with Crippen molar-refractivity contribution in [1.29, 1.82) is 0 Å². The Morgan fingerprint density at radius 2 is 1.96 bits per heavy atom. The van der Waals surface area contributed by atoms with Gasteiger partial charge in [-0.2, -0.15) is 0 Å². The second kappa shape index (κ2) is 7.72. The van der Waals surface area contributed by atoms with Gasteiger partial charge in [-0.25, -0.2) is 9.59 Å². The van der Waals surface area contributed by atoms with Crippen molar-refractivity contribution in [2.75, 3.05) is 20.2 Å². The minimum Gasteiger partial charge on any atom is -0.464 e. The van der Waals surface area contributed by atoms with Crippen molar-refractivity contribution in [3.8, 4) is 0 Å². The molecule has 2 rings (SSSR count). The average molecular weight is 349 g/mol. The number of rotatable bonds is 7. The topological polar surface area (TPSA) is 91.5 Å². The molecule has 0 bridgehead atoms. The Balaban J connectivity index is 2.29. The van der Waals surface area contributed by atoms with Gasteiger partial charge in [0.2, 0.25) is 0 Å². The smallest absolute Gasteiger partial charge is 0.354 e. The second-order valence-corrected chi connectivity index (χ2v) is 6.59. The third-order valence-electron chi connectivity index (χ3n) is 4.66. The van der Waals surface area contributed by atoms with Crippen LogP contribution < -0.4 is 5.32 Å². The van der Waals surface area contributed by atoms with Gasteiger partial charge in [-0.05, 0) is 52.0 Å². The van der Waals surface area contributed by atoms with Crippen molar-refractivity contribution in [2.45, 2.75) is 46.6 Å². The van der Waals surface area contributed by atoms with E-state index < -0.39 is 12.0 Å². The molecule has 1 atom stereocenters. The van der Waals surface area contributed by atoms with Crippen LogP contribution in [0.25, 0.3) is 0 Å². The fourth-order valence-corrected chi connectivity index (χ4v) is 3.02. The number of ether oxygens (including phenoxy) is 1. The molecule has 0 radical (unpaired) electrons. The number of methoxy groups -OCH3 is 1. The molecule has 1 heterocycles. The second-order valence-electron chi connectivity index (χ2n) is 6.59. The number of amides is 2. The molecule has 138 valence electrons. The van der Waals surface area contributed by atoms with Gasteiger partial charge in [-0.15, -0.1) is 0 Å². The van der Waals surface area contributed by atoms with Crippen LogP contribution in [-0.4, -0.2) is 53.9 Å². The first-order valence-corrected chi connectivity index (χ1v) is 8.67. The maximum atomic E-state index is 13.1. The van der Waals surface area contributed by atoms with E-state index in [1.54, 1.807) is 25.7 Å². The van der Waals surface area contributed by atoms with Crippen molar-refractivity contribution < 1.29 is 19.1 Å². The summed E-state index contributed by atoms with van der Waals surface area (Å²) in [5, 5.41) is 2.78. The molecule has 2 amide bonds. The summed E-state index contributed by atoms with van der Waals surface area (Å²) in [5.41, 5.74) is 1.90. The molecule has 1 aromatic rings. The SMILES string of the molecule is CCNC(=O)N(CC1CC1)C(C)C(=O)c1c(C)[nH]c(C(=O)OC)c1C. The molecule has 7 heteroatoms. The number of nitrogens with zero attached hydrogens (tertiary/aromatic N) is 1. The van der Waals surface area contributed by atoms with Gasteiger partial charge in [-0.3, -0.25) is 4.79 Å². The highest BCUT2D eigenvalue weighted by Crippen LogP contribution is 2.31. The van der Waals surface area contributed by atoms with Gasteiger partial charge in [-0.1, -0.05) is 0 Å². The molecule has 1 aliphatic carbocycles. The Kier molecular flexibility index (Phi) is 5.87. The number of aryl methyl sites for hydroxylation is 1. The summed E-state index contributed by atoms with van der Waals surface area (Å²) in [6, 6.07) is -0.833. The number of H-pyrrole nitrogens is 1. The van der Waals surface area contributed by atoms with Crippen molar-refractivity contribution >= 4 is 17.8 Å². The lowest BCUT2D eigenvalue weighted by molar-refractivity contribution is 0.0593. The number of hydrogen-bond acceptors (Lipinski definition) is 4. The van der Waals surface area contributed by atoms with Crippen LogP contribution in [0.1, 0.15) is 58.8 Å². The summed E-state index contributed by atoms with van der Waals surface area (Å²) in [7, 11) is 1.30. The highest BCUT2D eigenvalue weighted by molar-refractivity contribution is 6.06. The average Bonchev–Trinajstić information content (AvgIpc) is 3.35. The van der Waals surface area contributed by atoms with Crippen LogP contribution >= 0.6 is 0 Å². The van der Waals surface area contributed by atoms with Crippen molar-refractivity contribution in [1.82, 2.24) is 15.2 Å². The lowest BCUT2D eigenvalue weighted by Gasteiger charge is -2.28. The third kappa shape index (κ3) is 4.03. The van der Waals surface area contributed by atoms with Crippen LogP contribution in [0, 0.1) is 19.8 Å². The van der Waals surface area contributed by atoms with Crippen LogP contribution in [0.4, 0.5) is 4.79 Å². The normalized spacial score (nSPS) is 14.8. The molecule has 0 spiro atoms. The number of hydrogen-bond donors (Lipinski definition) is 2. The highest BCUT2D eigenvalue weighted by Gasteiger charge is 2.34. The van der Waals surface area contributed by atoms with E-state index in [-0.39, 0.29) is 17.5 Å². The van der Waals surface area contributed by atoms with E-state index in [4.69, 9.17) is 4.74 Å². The minimum absolute atomic E-state index is 0.173. The van der Waals surface area contributed by atoms with Gasteiger partial charge < -0.3 is 19.9 Å². The lowest BCUT2D eigenvalue weighted by atomic mass is 10.00. The van der Waals surface area contributed by atoms with Crippen molar-refractivity contribution in [3.63, 3.8) is 0 Å². The predicted octanol–water partition coefficient (Wildman–Crippen LogP) is 2.43. The first-order valence-electron chi connectivity index (χ1n) is 8.67. The number of carbonyl (C=O) groups excluding carboxylic acids is 3. The lowest BCUT2D eigenvalue weighted by Crippen LogP contribution is -2.49. The number of nitrogens with one attached hydrogen (secondary N) is 2. The van der Waals surface area contributed by atoms with Crippen molar-refractivity contribution in [2.24, 2.45) is 5.92 Å². The Bertz CT molecular complexity index is 676. The quantitative estimate of drug-likeness (QED) is 0.584. The molecule has 0 aromatic carbocycles. The molecule has 1 aliphatic rings. The highest BCUT2D eigenvalue weighted by atomic mass is 16.5. The van der Waals surface area contributed by atoms with Gasteiger partial charge >= 0.3 is 12.0 Å². The van der Waals surface area contributed by atoms with Gasteiger partial charge in [0.1, 0.15) is 5.69 Å². The van der Waals surface area contributed by atoms with E-state index in [1.165, 1.54) is 7.11 Å². The van der Waals surface area contributed by atoms with E-state index in [9.17, 15) is 14.4 Å². The molecular formula is C18H27N3O4. The van der Waals surface area contributed by atoms with Crippen LogP contribution in [0.5, 0.6) is 0 Å². The maximum Gasteiger partial charge on any atom is 0.354 e. The summed E-state index contributed by atoms with van der Waals surface area (Å²) >= 11 is 0. The minimum atomic E-state index is -0.606. The molecule has 0 aliphatic heterocycles. The number of Topliss-reactive ketones (excluding diaryl/α,β-unsaturated/α-hetero) is 1. The summed E-state index contributed by atoms with van der Waals surface area (Å²) in [4.78, 5) is 41.8. The zero-order valence-electron chi connectivity index (χ0n) is 15.6. The third-order valence-corrected chi connectivity index (χ3v) is 4.66. The molecule has 1 aromatic heterocycles. The van der Waals surface area contributed by atoms with Crippen LogP contribution in [0.3, 0.4) is 0 Å². The number of carbonyl (C=O) groups is 3. The van der Waals surface area contributed by atoms with Gasteiger partial charge in [0.05, 0.1) is 13.2 Å². The zero-order valence-corrected chi connectivity index (χ0v) is 15.6. The molecule has 1 unspecified atom stereocenters. The summed E-state index contributed by atoms with van der Waals surface area (Å²) in [6.45, 7) is 8.14. The van der Waals surface area contributed by atoms with Gasteiger partial charge in [0.25, 0.3) is 0 Å². The predicted molar refractivity (Wildman–Crippen MR) is 93.9 cm³/mol. The fraction of sp³-hybridized carbons (Fsp3) is 0.611. The molecule has 25 heavy (non-hydrogen) atoms. The largest absolute Gasteiger partial charge is 0.464 e. The monoisotopic (exact) mass is 349 g/mol. The zero-order chi connectivity index (χ0) is 18.7. The molecule has 1 fully saturated rings. The Labute approximate surface area is 148 Å². The Morgan fingerprint density at radius 3 is 2.48 bits per heavy atom. The van der Waals surface area contributed by atoms with E-state index in [0.717, 1.165) is 12.8 Å². The number of urea groups is 1. The first-order chi connectivity index (χ1) is 11.8. The van der Waals surface area contributed by atoms with Crippen LogP contribution in [0.2, 0.25) is 0 Å². The van der Waals surface area contributed by atoms with E-state index >= 15 is 0 Å². The molecule has 1 saturated carbocycles.